The van der Waals surface area contributed by atoms with Crippen LogP contribution in [0.2, 0.25) is 0 Å². The van der Waals surface area contributed by atoms with Crippen LogP contribution in [0.25, 0.3) is 0 Å². The summed E-state index contributed by atoms with van der Waals surface area (Å²) in [6.07, 6.45) is 3.79. The Kier molecular flexibility index (Phi) is 6.20. The van der Waals surface area contributed by atoms with E-state index in [0.717, 1.165) is 32.2 Å². The standard InChI is InChI=1S/C15H23N3O3S2/c1-2-3-8-16-15(22)17-13-11-12(6-7-14(13)19)23(20,21)18-9-4-5-10-18/h6-7,11,19H,2-5,8-10H2,1H3,(H2,16,17,22). The molecule has 1 aliphatic rings. The third kappa shape index (κ3) is 4.55. The number of phenols is 1. The Labute approximate surface area is 142 Å². The van der Waals surface area contributed by atoms with Crippen molar-refractivity contribution in [3.63, 3.8) is 0 Å². The van der Waals surface area contributed by atoms with Crippen molar-refractivity contribution in [1.82, 2.24) is 9.62 Å². The molecule has 0 amide bonds. The fraction of sp³-hybridized carbons (Fsp3) is 0.533. The molecule has 0 bridgehead atoms. The lowest BCUT2D eigenvalue weighted by Gasteiger charge is -2.17. The van der Waals surface area contributed by atoms with Gasteiger partial charge in [0.2, 0.25) is 10.0 Å². The van der Waals surface area contributed by atoms with Crippen LogP contribution in [-0.4, -0.2) is 42.6 Å². The van der Waals surface area contributed by atoms with E-state index in [1.54, 1.807) is 0 Å². The van der Waals surface area contributed by atoms with Gasteiger partial charge in [0.25, 0.3) is 0 Å². The summed E-state index contributed by atoms with van der Waals surface area (Å²) in [6.45, 7) is 3.90. The summed E-state index contributed by atoms with van der Waals surface area (Å²) >= 11 is 5.16. The van der Waals surface area contributed by atoms with Gasteiger partial charge in [-0.2, -0.15) is 4.31 Å². The lowest BCUT2D eigenvalue weighted by Crippen LogP contribution is -2.30. The Morgan fingerprint density at radius 2 is 2.04 bits per heavy atom. The highest BCUT2D eigenvalue weighted by Crippen LogP contribution is 2.29. The van der Waals surface area contributed by atoms with Crippen molar-refractivity contribution in [3.8, 4) is 5.75 Å². The molecule has 1 fully saturated rings. The minimum atomic E-state index is -3.52. The second-order valence-corrected chi connectivity index (χ2v) is 7.87. The van der Waals surface area contributed by atoms with Crippen LogP contribution >= 0.6 is 12.2 Å². The van der Waals surface area contributed by atoms with Crippen LogP contribution in [0.3, 0.4) is 0 Å². The van der Waals surface area contributed by atoms with Crippen LogP contribution in [0.15, 0.2) is 23.1 Å². The average molecular weight is 358 g/mol. The second-order valence-electron chi connectivity index (χ2n) is 5.52. The summed E-state index contributed by atoms with van der Waals surface area (Å²) in [5, 5.41) is 16.2. The van der Waals surface area contributed by atoms with E-state index < -0.39 is 10.0 Å². The van der Waals surface area contributed by atoms with Crippen molar-refractivity contribution < 1.29 is 13.5 Å². The monoisotopic (exact) mass is 357 g/mol. The molecule has 0 saturated carbocycles. The number of benzene rings is 1. The summed E-state index contributed by atoms with van der Waals surface area (Å²) < 4.78 is 26.6. The van der Waals surface area contributed by atoms with E-state index in [4.69, 9.17) is 12.2 Å². The Bertz CT molecular complexity index is 656. The van der Waals surface area contributed by atoms with Gasteiger partial charge in [-0.1, -0.05) is 13.3 Å². The summed E-state index contributed by atoms with van der Waals surface area (Å²) in [4.78, 5) is 0.163. The van der Waals surface area contributed by atoms with Gasteiger partial charge in [0.05, 0.1) is 10.6 Å². The SMILES string of the molecule is CCCCNC(=S)Nc1cc(S(=O)(=O)N2CCCC2)ccc1O. The lowest BCUT2D eigenvalue weighted by atomic mass is 10.3. The number of anilines is 1. The first kappa shape index (κ1) is 18.0. The number of thiocarbonyl (C=S) groups is 1. The van der Waals surface area contributed by atoms with E-state index in [2.05, 4.69) is 17.6 Å². The van der Waals surface area contributed by atoms with Gasteiger partial charge in [-0.3, -0.25) is 0 Å². The molecular formula is C15H23N3O3S2. The highest BCUT2D eigenvalue weighted by Gasteiger charge is 2.27. The minimum absolute atomic E-state index is 0.0370. The zero-order valence-corrected chi connectivity index (χ0v) is 14.8. The zero-order valence-electron chi connectivity index (χ0n) is 13.2. The van der Waals surface area contributed by atoms with Crippen molar-refractivity contribution in [2.75, 3.05) is 25.0 Å². The molecule has 2 rings (SSSR count). The molecular weight excluding hydrogens is 334 g/mol. The van der Waals surface area contributed by atoms with E-state index in [1.165, 1.54) is 22.5 Å². The Balaban J connectivity index is 2.14. The molecule has 1 saturated heterocycles. The average Bonchev–Trinajstić information content (AvgIpc) is 3.04. The second kappa shape index (κ2) is 7.94. The molecule has 1 aromatic rings. The smallest absolute Gasteiger partial charge is 0.243 e. The van der Waals surface area contributed by atoms with Gasteiger partial charge in [0, 0.05) is 19.6 Å². The van der Waals surface area contributed by atoms with Crippen molar-refractivity contribution in [1.29, 1.82) is 0 Å². The number of phenolic OH excluding ortho intramolecular Hbond substituents is 1. The first-order valence-electron chi connectivity index (χ1n) is 7.83. The fourth-order valence-electron chi connectivity index (χ4n) is 2.40. The topological polar surface area (TPSA) is 81.7 Å². The fourth-order valence-corrected chi connectivity index (χ4v) is 4.15. The van der Waals surface area contributed by atoms with Gasteiger partial charge < -0.3 is 15.7 Å². The Morgan fingerprint density at radius 1 is 1.35 bits per heavy atom. The molecule has 1 heterocycles. The molecule has 0 aromatic heterocycles. The van der Waals surface area contributed by atoms with E-state index >= 15 is 0 Å². The normalized spacial score (nSPS) is 15.5. The molecule has 6 nitrogen and oxygen atoms in total. The van der Waals surface area contributed by atoms with Gasteiger partial charge >= 0.3 is 0 Å². The maximum absolute atomic E-state index is 12.6. The van der Waals surface area contributed by atoms with Crippen LogP contribution in [0.1, 0.15) is 32.6 Å². The van der Waals surface area contributed by atoms with Gasteiger partial charge in [-0.05, 0) is 49.7 Å². The quantitative estimate of drug-likeness (QED) is 0.412. The first-order valence-corrected chi connectivity index (χ1v) is 9.68. The largest absolute Gasteiger partial charge is 0.506 e. The molecule has 0 aliphatic carbocycles. The van der Waals surface area contributed by atoms with Crippen LogP contribution in [0, 0.1) is 0 Å². The van der Waals surface area contributed by atoms with Crippen LogP contribution in [-0.2, 0) is 10.0 Å². The molecule has 0 spiro atoms. The Hall–Kier alpha value is -1.38. The molecule has 3 N–H and O–H groups in total. The molecule has 0 unspecified atom stereocenters. The number of hydrogen-bond donors (Lipinski definition) is 3. The van der Waals surface area contributed by atoms with E-state index in [0.29, 0.717) is 23.9 Å². The third-order valence-corrected chi connectivity index (χ3v) is 5.88. The van der Waals surface area contributed by atoms with Crippen LogP contribution in [0.4, 0.5) is 5.69 Å². The number of rotatable bonds is 6. The number of nitrogens with one attached hydrogen (secondary N) is 2. The summed E-state index contributed by atoms with van der Waals surface area (Å²) in [5.41, 5.74) is 0.291. The van der Waals surface area contributed by atoms with Crippen molar-refractivity contribution in [3.05, 3.63) is 18.2 Å². The molecule has 0 atom stereocenters. The first-order chi connectivity index (χ1) is 10.9. The maximum atomic E-state index is 12.6. The molecule has 128 valence electrons. The van der Waals surface area contributed by atoms with E-state index in [-0.39, 0.29) is 10.6 Å². The predicted molar refractivity (Wildman–Crippen MR) is 95.2 cm³/mol. The Morgan fingerprint density at radius 3 is 2.70 bits per heavy atom. The van der Waals surface area contributed by atoms with Gasteiger partial charge in [0.15, 0.2) is 5.11 Å². The molecule has 23 heavy (non-hydrogen) atoms. The van der Waals surface area contributed by atoms with Crippen molar-refractivity contribution >= 4 is 33.0 Å². The molecule has 0 radical (unpaired) electrons. The van der Waals surface area contributed by atoms with Crippen molar-refractivity contribution in [2.45, 2.75) is 37.5 Å². The summed E-state index contributed by atoms with van der Waals surface area (Å²) in [6, 6.07) is 4.22. The molecule has 8 heteroatoms. The molecule has 1 aliphatic heterocycles. The maximum Gasteiger partial charge on any atom is 0.243 e. The molecule has 1 aromatic carbocycles. The summed E-state index contributed by atoms with van der Waals surface area (Å²) in [7, 11) is -3.52. The summed E-state index contributed by atoms with van der Waals surface area (Å²) in [5.74, 6) is -0.0370. The van der Waals surface area contributed by atoms with E-state index in [1.807, 2.05) is 0 Å². The van der Waals surface area contributed by atoms with Gasteiger partial charge in [-0.15, -0.1) is 0 Å². The van der Waals surface area contributed by atoms with Crippen LogP contribution in [0.5, 0.6) is 5.75 Å². The number of hydrogen-bond acceptors (Lipinski definition) is 4. The lowest BCUT2D eigenvalue weighted by molar-refractivity contribution is 0.473. The van der Waals surface area contributed by atoms with Crippen LogP contribution < -0.4 is 10.6 Å². The third-order valence-electron chi connectivity index (χ3n) is 3.73. The number of aromatic hydroxyl groups is 1. The highest BCUT2D eigenvalue weighted by atomic mass is 32.2. The van der Waals surface area contributed by atoms with Crippen molar-refractivity contribution in [2.24, 2.45) is 0 Å². The number of sulfonamides is 1. The number of nitrogens with zero attached hydrogens (tertiary/aromatic N) is 1. The van der Waals surface area contributed by atoms with E-state index in [9.17, 15) is 13.5 Å². The van der Waals surface area contributed by atoms with Gasteiger partial charge in [-0.25, -0.2) is 8.42 Å². The highest BCUT2D eigenvalue weighted by molar-refractivity contribution is 7.89. The predicted octanol–water partition coefficient (Wildman–Crippen LogP) is 2.26. The minimum Gasteiger partial charge on any atom is -0.506 e. The van der Waals surface area contributed by atoms with Gasteiger partial charge in [0.1, 0.15) is 5.75 Å². The number of unbranched alkanes of at least 4 members (excludes halogenated alkanes) is 1. The zero-order chi connectivity index (χ0) is 16.9.